The highest BCUT2D eigenvalue weighted by Gasteiger charge is 2.49. The smallest absolute Gasteiger partial charge is 0.378 e. The number of nitrogens with zero attached hydrogens (tertiary/aromatic N) is 4. The Kier molecular flexibility index (Phi) is 6.88. The molecule has 0 saturated heterocycles. The number of hydrogen-bond acceptors (Lipinski definition) is 5. The van der Waals surface area contributed by atoms with Crippen LogP contribution in [0.4, 0.5) is 13.2 Å². The average Bonchev–Trinajstić information content (AvgIpc) is 3.81. The summed E-state index contributed by atoms with van der Waals surface area (Å²) < 4.78 is 41.5. The summed E-state index contributed by atoms with van der Waals surface area (Å²) in [6, 6.07) is 18.5. The highest BCUT2D eigenvalue weighted by molar-refractivity contribution is 5.94. The van der Waals surface area contributed by atoms with E-state index in [4.69, 9.17) is 4.98 Å². The van der Waals surface area contributed by atoms with E-state index in [0.717, 1.165) is 58.6 Å². The monoisotopic (exact) mass is 613 g/mol. The predicted molar refractivity (Wildman–Crippen MR) is 161 cm³/mol. The molecule has 1 aliphatic heterocycles. The van der Waals surface area contributed by atoms with Gasteiger partial charge in [0, 0.05) is 19.0 Å². The van der Waals surface area contributed by atoms with Gasteiger partial charge in [0.1, 0.15) is 5.82 Å². The van der Waals surface area contributed by atoms with Crippen molar-refractivity contribution in [3.63, 3.8) is 0 Å². The standard InChI is InChI=1S/C34H30F3N5O3/c1-41-28-12-4-10-24(25(28)18-38-41)20-6-2-8-22(16-20)33(13-14-33)32-39-27-11-5-15-42(19-26(27)30(44)40-32)31(45)29(43)21-7-3-9-23(17-21)34(35,36)37/h2-4,6-10,12,16-18,29,43H,5,11,13-15,19H2,1H3,(H,39,40,44)/t29-/m1/s1. The molecule has 1 fully saturated rings. The van der Waals surface area contributed by atoms with Gasteiger partial charge < -0.3 is 15.0 Å². The minimum absolute atomic E-state index is 0.0929. The van der Waals surface area contributed by atoms with Crippen LogP contribution < -0.4 is 5.56 Å². The Morgan fingerprint density at radius 1 is 1.07 bits per heavy atom. The Hall–Kier alpha value is -4.77. The lowest BCUT2D eigenvalue weighted by atomic mass is 9.91. The van der Waals surface area contributed by atoms with Crippen LogP contribution in [0.3, 0.4) is 0 Å². The number of alkyl halides is 3. The van der Waals surface area contributed by atoms with Gasteiger partial charge in [0.15, 0.2) is 6.10 Å². The minimum Gasteiger partial charge on any atom is -0.378 e. The van der Waals surface area contributed by atoms with Gasteiger partial charge in [-0.15, -0.1) is 0 Å². The van der Waals surface area contributed by atoms with E-state index in [2.05, 4.69) is 34.3 Å². The lowest BCUT2D eigenvalue weighted by Crippen LogP contribution is -2.36. The number of amides is 1. The predicted octanol–water partition coefficient (Wildman–Crippen LogP) is 5.43. The van der Waals surface area contributed by atoms with Crippen molar-refractivity contribution in [2.75, 3.05) is 6.54 Å². The summed E-state index contributed by atoms with van der Waals surface area (Å²) >= 11 is 0. The number of rotatable bonds is 5. The van der Waals surface area contributed by atoms with E-state index in [1.165, 1.54) is 11.0 Å². The van der Waals surface area contributed by atoms with Crippen LogP contribution in [-0.4, -0.2) is 42.2 Å². The zero-order valence-corrected chi connectivity index (χ0v) is 24.4. The molecule has 45 heavy (non-hydrogen) atoms. The first kappa shape index (κ1) is 29.0. The Morgan fingerprint density at radius 2 is 1.84 bits per heavy atom. The quantitative estimate of drug-likeness (QED) is 0.275. The first-order valence-electron chi connectivity index (χ1n) is 14.8. The molecule has 0 radical (unpaired) electrons. The van der Waals surface area contributed by atoms with Crippen LogP contribution in [0.15, 0.2) is 77.7 Å². The van der Waals surface area contributed by atoms with Gasteiger partial charge in [-0.05, 0) is 66.1 Å². The number of carbonyl (C=O) groups is 1. The van der Waals surface area contributed by atoms with E-state index in [1.807, 2.05) is 36.1 Å². The van der Waals surface area contributed by atoms with Crippen molar-refractivity contribution in [2.45, 2.75) is 49.9 Å². The summed E-state index contributed by atoms with van der Waals surface area (Å²) in [4.78, 5) is 36.0. The number of aromatic nitrogens is 4. The normalized spacial score (nSPS) is 16.7. The van der Waals surface area contributed by atoms with Gasteiger partial charge in [-0.1, -0.05) is 48.5 Å². The molecule has 1 aliphatic carbocycles. The van der Waals surface area contributed by atoms with E-state index in [0.29, 0.717) is 29.9 Å². The van der Waals surface area contributed by atoms with Crippen molar-refractivity contribution in [1.82, 2.24) is 24.6 Å². The SMILES string of the molecule is Cn1ncc2c(-c3cccc(C4(c5nc6c(c(=O)[nH]5)CN(C(=O)[C@H](O)c5cccc(C(F)(F)F)c5)CCC6)CC4)c3)cccc21. The Morgan fingerprint density at radius 3 is 2.62 bits per heavy atom. The summed E-state index contributed by atoms with van der Waals surface area (Å²) in [6.45, 7) is 0.136. The van der Waals surface area contributed by atoms with Gasteiger partial charge in [0.2, 0.25) is 0 Å². The fourth-order valence-electron chi connectivity index (χ4n) is 6.44. The molecule has 230 valence electrons. The second-order valence-electron chi connectivity index (χ2n) is 11.9. The molecule has 7 rings (SSSR count). The number of fused-ring (bicyclic) bond motifs is 2. The Labute approximate surface area is 256 Å². The minimum atomic E-state index is -4.61. The summed E-state index contributed by atoms with van der Waals surface area (Å²) in [5.41, 5.74) is 3.23. The molecule has 11 heteroatoms. The molecule has 5 aromatic rings. The number of H-pyrrole nitrogens is 1. The molecule has 0 spiro atoms. The third-order valence-corrected chi connectivity index (χ3v) is 9.09. The number of carbonyl (C=O) groups excluding carboxylic acids is 1. The first-order valence-corrected chi connectivity index (χ1v) is 14.8. The molecule has 2 aromatic heterocycles. The summed E-state index contributed by atoms with van der Waals surface area (Å²) in [6.07, 6.45) is -1.95. The number of aliphatic hydroxyl groups excluding tert-OH is 1. The van der Waals surface area contributed by atoms with Crippen LogP contribution >= 0.6 is 0 Å². The van der Waals surface area contributed by atoms with Crippen molar-refractivity contribution >= 4 is 16.8 Å². The van der Waals surface area contributed by atoms with Gasteiger partial charge >= 0.3 is 6.18 Å². The zero-order chi connectivity index (χ0) is 31.5. The molecule has 3 aromatic carbocycles. The topological polar surface area (TPSA) is 104 Å². The second kappa shape index (κ2) is 10.7. The van der Waals surface area contributed by atoms with E-state index in [-0.39, 0.29) is 24.2 Å². The van der Waals surface area contributed by atoms with E-state index < -0.39 is 29.2 Å². The maximum Gasteiger partial charge on any atom is 0.416 e. The lowest BCUT2D eigenvalue weighted by molar-refractivity contribution is -0.142. The molecular formula is C34H30F3N5O3. The van der Waals surface area contributed by atoms with Gasteiger partial charge in [-0.3, -0.25) is 14.3 Å². The highest BCUT2D eigenvalue weighted by atomic mass is 19.4. The molecular weight excluding hydrogens is 583 g/mol. The number of nitrogens with one attached hydrogen (secondary N) is 1. The van der Waals surface area contributed by atoms with Crippen molar-refractivity contribution in [3.8, 4) is 11.1 Å². The fraction of sp³-hybridized carbons (Fsp3) is 0.294. The molecule has 1 atom stereocenters. The molecule has 1 amide bonds. The van der Waals surface area contributed by atoms with Crippen LogP contribution in [0.2, 0.25) is 0 Å². The van der Waals surface area contributed by atoms with Gasteiger partial charge in [0.05, 0.1) is 40.5 Å². The molecule has 1 saturated carbocycles. The number of benzene rings is 3. The van der Waals surface area contributed by atoms with Crippen LogP contribution in [0.5, 0.6) is 0 Å². The lowest BCUT2D eigenvalue weighted by Gasteiger charge is -2.24. The molecule has 0 bridgehead atoms. The molecule has 0 unspecified atom stereocenters. The van der Waals surface area contributed by atoms with E-state index >= 15 is 0 Å². The van der Waals surface area contributed by atoms with Crippen LogP contribution in [0.1, 0.15) is 59.1 Å². The van der Waals surface area contributed by atoms with Crippen molar-refractivity contribution < 1.29 is 23.1 Å². The molecule has 2 aliphatic rings. The number of hydrogen-bond donors (Lipinski definition) is 2. The van der Waals surface area contributed by atoms with Gasteiger partial charge in [-0.25, -0.2) is 4.98 Å². The second-order valence-corrected chi connectivity index (χ2v) is 11.9. The summed E-state index contributed by atoms with van der Waals surface area (Å²) in [5.74, 6) is -0.170. The number of aryl methyl sites for hydroxylation is 2. The first-order chi connectivity index (χ1) is 21.5. The third-order valence-electron chi connectivity index (χ3n) is 9.09. The maximum absolute atomic E-state index is 13.5. The van der Waals surface area contributed by atoms with Crippen LogP contribution in [0, 0.1) is 0 Å². The summed E-state index contributed by atoms with van der Waals surface area (Å²) in [5, 5.41) is 16.2. The van der Waals surface area contributed by atoms with Gasteiger partial charge in [0.25, 0.3) is 11.5 Å². The zero-order valence-electron chi connectivity index (χ0n) is 24.4. The average molecular weight is 614 g/mol. The largest absolute Gasteiger partial charge is 0.416 e. The van der Waals surface area contributed by atoms with Crippen molar-refractivity contribution in [2.24, 2.45) is 7.05 Å². The molecule has 3 heterocycles. The number of aliphatic hydroxyl groups is 1. The highest BCUT2D eigenvalue weighted by Crippen LogP contribution is 2.52. The fourth-order valence-corrected chi connectivity index (χ4v) is 6.44. The Bertz CT molecular complexity index is 2010. The maximum atomic E-state index is 13.5. The number of halogens is 3. The van der Waals surface area contributed by atoms with Crippen LogP contribution in [-0.2, 0) is 36.4 Å². The molecule has 2 N–H and O–H groups in total. The van der Waals surface area contributed by atoms with E-state index in [1.54, 1.807) is 0 Å². The van der Waals surface area contributed by atoms with Crippen molar-refractivity contribution in [3.05, 3.63) is 117 Å². The number of aromatic amines is 1. The Balaban J connectivity index is 1.17. The van der Waals surface area contributed by atoms with E-state index in [9.17, 15) is 27.9 Å². The van der Waals surface area contributed by atoms with Gasteiger partial charge in [-0.2, -0.15) is 18.3 Å². The van der Waals surface area contributed by atoms with Crippen molar-refractivity contribution in [1.29, 1.82) is 0 Å². The third kappa shape index (κ3) is 5.10. The molecule has 8 nitrogen and oxygen atoms in total. The van der Waals surface area contributed by atoms with Crippen LogP contribution in [0.25, 0.3) is 22.0 Å². The summed E-state index contributed by atoms with van der Waals surface area (Å²) in [7, 11) is 1.91.